The number of H-pyrrole nitrogens is 2. The molecule has 9 amide bonds. The normalized spacial score (nSPS) is 12.1. The Kier molecular flexibility index (Phi) is 49.2. The van der Waals surface area contributed by atoms with Crippen molar-refractivity contribution in [1.29, 1.82) is 0 Å². The number of esters is 1. The van der Waals surface area contributed by atoms with Gasteiger partial charge in [-0.15, -0.1) is 39.3 Å². The standard InChI is InChI=1S/C41H4.C32H42N10O14S2.C23H26N10O12S2.CH4.2Na/c1-3-5-7-9-11-13-15-17-19-21-23-25-27-29-31-33-35-37-39-41-40-38-36-34-32-30-28-26-24-22-20-18-16-14-12-10-8-6-4-2;1-15(43)12-40-22(16-10-19(44)20(45)11-33-16)37-42(29(40)51)58(52,53)39-27(49)41-13-17(24(41)47)34-23(46)21(38-56-32(8,9)25(48)54-30(2,3)4)18-14-57-26(35-18)36-28(50)55-31(5,6)7;1-9(34)6-31-16(10-4-13(35)14(36)5-25-10)28-33(22(31)42)47(43,44)30-21(41)32-7-11(18(32)38)26-17(37)15(12-8-46-20(24)27-12)29-45-23(2,3)19(39)40;;;/h1H,2H3;10-11,14-15,17,43,45H,12-13H2,1-9H3,(H,33,44)(H,34,46)(H,39,49)(H,35,36,50);4-5,8-9,11,34H,6-7H2,1-3H3,(H7,24,25,26,27,28,29,30,35,36,37,39,40,41);1H4;;/q;;;;2*+1/p-2/b;38-21-;;;;/t;15-,17-;9-,11-;;;/m.00.../s1. The van der Waals surface area contributed by atoms with E-state index in [9.17, 15) is 105 Å². The number of aliphatic hydroxyl groups excluding tert-OH is 2. The summed E-state index contributed by atoms with van der Waals surface area (Å²) in [6, 6.07) is -4.42. The number of aliphatic carboxylic acids is 1. The largest absolute Gasteiger partial charge is 1.00 e. The van der Waals surface area contributed by atoms with Gasteiger partial charge in [0, 0.05) is 166 Å². The number of aromatic nitrogens is 10. The molecule has 744 valence electrons. The van der Waals surface area contributed by atoms with Crippen LogP contribution in [0.25, 0.3) is 27.8 Å². The zero-order chi connectivity index (χ0) is 108. The van der Waals surface area contributed by atoms with Gasteiger partial charge in [-0.3, -0.25) is 52.9 Å². The molecule has 0 bridgehead atoms. The number of nitrogens with zero attached hydrogens (tertiary/aromatic N) is 13. The van der Waals surface area contributed by atoms with Gasteiger partial charge in [0.15, 0.2) is 62.4 Å². The minimum atomic E-state index is -5.28. The van der Waals surface area contributed by atoms with Crippen LogP contribution in [0.4, 0.5) is 24.6 Å². The molecule has 0 saturated carbocycles. The number of aliphatic hydroxyl groups is 2. The van der Waals surface area contributed by atoms with Gasteiger partial charge in [-0.05, 0) is 191 Å². The summed E-state index contributed by atoms with van der Waals surface area (Å²) in [7, 11) is -10.5. The third-order valence-corrected chi connectivity index (χ3v) is 19.4. The summed E-state index contributed by atoms with van der Waals surface area (Å²) < 4.78 is 68.4. The molecule has 0 aliphatic carbocycles. The monoisotopic (exact) mass is 2110 g/mol. The number of hydrogen-bond donors (Lipinski definition) is 11. The maximum Gasteiger partial charge on any atom is 1.00 e. The molecule has 0 aromatic carbocycles. The molecule has 46 nitrogen and oxygen atoms in total. The van der Waals surface area contributed by atoms with E-state index in [0.717, 1.165) is 61.0 Å². The Labute approximate surface area is 903 Å². The van der Waals surface area contributed by atoms with Crippen molar-refractivity contribution in [2.45, 2.75) is 157 Å². The van der Waals surface area contributed by atoms with Crippen molar-refractivity contribution >= 4 is 119 Å². The van der Waals surface area contributed by atoms with Crippen molar-refractivity contribution in [3.63, 3.8) is 0 Å². The number of urea groups is 2. The number of carboxylic acid groups (broad SMARTS) is 1. The van der Waals surface area contributed by atoms with Crippen molar-refractivity contribution in [2.24, 2.45) is 10.3 Å². The van der Waals surface area contributed by atoms with Crippen molar-refractivity contribution in [3.8, 4) is 272 Å². The summed E-state index contributed by atoms with van der Waals surface area (Å²) in [5.74, 6) is 87.6. The van der Waals surface area contributed by atoms with Crippen LogP contribution in [0, 0.1) is 237 Å². The molecule has 12 N–H and O–H groups in total. The maximum atomic E-state index is 13.6. The van der Waals surface area contributed by atoms with Gasteiger partial charge in [0.1, 0.15) is 28.6 Å². The molecule has 0 radical (unpaired) electrons. The molecule has 6 aromatic rings. The molecule has 52 heteroatoms. The fourth-order valence-corrected chi connectivity index (χ4v) is 12.4. The number of nitrogen functional groups attached to an aromatic ring is 1. The zero-order valence-corrected chi connectivity index (χ0v) is 87.2. The van der Waals surface area contributed by atoms with E-state index >= 15 is 0 Å². The zero-order valence-electron chi connectivity index (χ0n) is 80.0. The van der Waals surface area contributed by atoms with Gasteiger partial charge in [-0.2, -0.15) is 8.42 Å². The number of amides is 9. The predicted molar refractivity (Wildman–Crippen MR) is 527 cm³/mol. The summed E-state index contributed by atoms with van der Waals surface area (Å²) in [6.45, 7) is 16.6. The second kappa shape index (κ2) is 58.9. The Morgan fingerprint density at radius 3 is 1.23 bits per heavy atom. The quantitative estimate of drug-likeness (QED) is 0.00709. The SMILES string of the molecule is C.C#CC#CC#CC#CC#CC#CC#CC#CC#CC#CC#CC#CC#CC#CC#CC#CC#CC#CC#CC#CC.C[C@H](O)Cn1c(-c2cc(=O)c(O)c[nH]2)nn(S(=O)(=O)NC(=O)N2C[C@H](NC(=O)/C(=N\OC(C)(C)C(=O)OC(C)(C)C)c3csc(NC(=O)OC(C)(C)C)n3)C2=O)c1=O.C[C@H](O)Cn1c(-c2cc(=O)c(O)c[nH]2)nn(S(=O)(=O)[N-]C(=O)N2C[C@H](NC(=O)/C(=N\OC(C)(C)C(=O)[O-])c3csc(N)n3)C2=O)c1=O.[Na+].[Na+]. The molecule has 0 unspecified atom stereocenters. The number of pyridine rings is 2. The molecule has 8 rings (SSSR count). The molecule has 2 aliphatic rings. The Morgan fingerprint density at radius 1 is 0.544 bits per heavy atom. The molecule has 0 spiro atoms. The number of ether oxygens (including phenoxy) is 2. The first-order valence-electron chi connectivity index (χ1n) is 40.3. The number of hydrogen-bond acceptors (Lipinski definition) is 35. The van der Waals surface area contributed by atoms with E-state index in [1.807, 2.05) is 0 Å². The van der Waals surface area contributed by atoms with E-state index in [4.69, 9.17) is 31.3 Å². The van der Waals surface area contributed by atoms with Gasteiger partial charge in [0.05, 0.1) is 55.2 Å². The van der Waals surface area contributed by atoms with Crippen LogP contribution in [0.5, 0.6) is 11.5 Å². The third kappa shape index (κ3) is 40.6. The number of carboxylic acids is 1. The number of aromatic amines is 2. The molecule has 149 heavy (non-hydrogen) atoms. The van der Waals surface area contributed by atoms with E-state index in [1.54, 1.807) is 48.5 Å². The van der Waals surface area contributed by atoms with Crippen LogP contribution >= 0.6 is 22.7 Å². The second-order valence-electron chi connectivity index (χ2n) is 30.4. The number of β-lactam (4-membered cyclic amide) rings is 2. The number of terminal acetylenes is 1. The van der Waals surface area contributed by atoms with Crippen LogP contribution in [0.3, 0.4) is 0 Å². The van der Waals surface area contributed by atoms with Gasteiger partial charge in [0.25, 0.3) is 27.9 Å². The van der Waals surface area contributed by atoms with Crippen molar-refractivity contribution in [1.82, 2.24) is 72.6 Å². The van der Waals surface area contributed by atoms with Gasteiger partial charge in [0.2, 0.25) is 16.5 Å². The van der Waals surface area contributed by atoms with Crippen molar-refractivity contribution < 1.29 is 164 Å². The third-order valence-electron chi connectivity index (χ3n) is 15.7. The molecule has 6 aromatic heterocycles. The number of nitrogens with two attached hydrogens (primary N) is 1. The van der Waals surface area contributed by atoms with Crippen LogP contribution in [-0.2, 0) is 81.4 Å². The number of aromatic hydroxyl groups is 2. The summed E-state index contributed by atoms with van der Waals surface area (Å²) >= 11 is 1.77. The smallest absolute Gasteiger partial charge is 0.546 e. The number of imide groups is 2. The first-order chi connectivity index (χ1) is 68.8. The topological polar surface area (TPSA) is 653 Å². The number of anilines is 2. The molecule has 4 atom stereocenters. The average molecular weight is 2110 g/mol. The van der Waals surface area contributed by atoms with E-state index in [1.165, 1.54) is 43.2 Å². The Hall–Kier alpha value is -18.6. The molecule has 8 heterocycles. The Morgan fingerprint density at radius 2 is 0.893 bits per heavy atom. The number of likely N-dealkylation sites (tertiary alicyclic amines) is 2. The number of rotatable bonds is 23. The Balaban J connectivity index is 0.000000578. The molecular formula is C97H74N20Na2O26S4. The van der Waals surface area contributed by atoms with Crippen molar-refractivity contribution in [3.05, 3.63) is 92.8 Å². The molecule has 2 saturated heterocycles. The minimum Gasteiger partial charge on any atom is -0.546 e. The van der Waals surface area contributed by atoms with Gasteiger partial charge >= 0.3 is 98.8 Å². The van der Waals surface area contributed by atoms with E-state index in [-0.39, 0.29) is 108 Å². The number of nitrogens with one attached hydrogen (secondary N) is 6. The second-order valence-corrected chi connectivity index (χ2v) is 35.0. The summed E-state index contributed by atoms with van der Waals surface area (Å²) in [5.41, 5.74) is -6.45. The fraction of sp³-hybridized carbons (Fsp3) is 0.268. The number of oxime groups is 2. The van der Waals surface area contributed by atoms with Crippen LogP contribution in [-0.4, -0.2) is 219 Å². The van der Waals surface area contributed by atoms with Gasteiger partial charge in [-0.25, -0.2) is 47.1 Å². The Bertz CT molecular complexity index is 8350. The van der Waals surface area contributed by atoms with Crippen LogP contribution < -0.4 is 113 Å². The van der Waals surface area contributed by atoms with Crippen LogP contribution in [0.15, 0.2) is 64.8 Å². The van der Waals surface area contributed by atoms with Crippen LogP contribution in [0.2, 0.25) is 0 Å². The molecule has 2 fully saturated rings. The first kappa shape index (κ1) is 125. The number of carbonyl (C=O) groups excluding carboxylic acids is 9. The summed E-state index contributed by atoms with van der Waals surface area (Å²) in [4.78, 5) is 188. The summed E-state index contributed by atoms with van der Waals surface area (Å²) in [5, 5.41) is 74.3. The van der Waals surface area contributed by atoms with Gasteiger partial charge < -0.3 is 85.4 Å². The minimum absolute atomic E-state index is 0. The van der Waals surface area contributed by atoms with Crippen LogP contribution in [0.1, 0.15) is 109 Å². The fourth-order valence-electron chi connectivity index (χ4n) is 9.40. The number of thiazole rings is 2. The van der Waals surface area contributed by atoms with E-state index < -0.39 is 204 Å². The predicted octanol–water partition coefficient (Wildman–Crippen LogP) is -8.30. The molecular weight excluding hydrogens is 2040 g/mol. The number of carbonyl (C=O) groups is 9. The average Bonchev–Trinajstić information content (AvgIpc) is 1.75. The van der Waals surface area contributed by atoms with E-state index in [2.05, 4.69) is 292 Å². The summed E-state index contributed by atoms with van der Waals surface area (Å²) in [6.07, 6.45) is 3.35. The first-order valence-corrected chi connectivity index (χ1v) is 44.9. The maximum absolute atomic E-state index is 13.6. The van der Waals surface area contributed by atoms with E-state index in [0.29, 0.717) is 18.9 Å². The van der Waals surface area contributed by atoms with Gasteiger partial charge in [-0.1, -0.05) is 31.8 Å². The van der Waals surface area contributed by atoms with Crippen molar-refractivity contribution in [2.75, 3.05) is 24.1 Å². The molecule has 2 aliphatic heterocycles.